The van der Waals surface area contributed by atoms with Crippen LogP contribution in [0, 0.1) is 5.92 Å². The van der Waals surface area contributed by atoms with Crippen LogP contribution in [-0.2, 0) is 14.8 Å². The van der Waals surface area contributed by atoms with Crippen LogP contribution in [0.15, 0.2) is 0 Å². The third-order valence-corrected chi connectivity index (χ3v) is 3.84. The average Bonchev–Trinajstić information content (AvgIpc) is 2.17. The Kier molecular flexibility index (Phi) is 7.91. The maximum absolute atomic E-state index is 11.7. The van der Waals surface area contributed by atoms with E-state index in [1.165, 1.54) is 0 Å². The van der Waals surface area contributed by atoms with Crippen molar-refractivity contribution < 1.29 is 13.2 Å². The summed E-state index contributed by atoms with van der Waals surface area (Å²) >= 11 is 0. The molecule has 3 N–H and O–H groups in total. The zero-order chi connectivity index (χ0) is 12.6. The highest BCUT2D eigenvalue weighted by molar-refractivity contribution is 7.89. The van der Waals surface area contributed by atoms with Crippen LogP contribution in [0.2, 0.25) is 0 Å². The Labute approximate surface area is 98.8 Å². The van der Waals surface area contributed by atoms with Gasteiger partial charge in [-0.05, 0) is 25.3 Å². The number of hydrogen-bond acceptors (Lipinski definition) is 4. The molecular weight excluding hydrogens is 228 g/mol. The SMILES string of the molecule is COCC(NS(=O)(=O)CCCCN)C(C)C. The Morgan fingerprint density at radius 3 is 2.38 bits per heavy atom. The Morgan fingerprint density at radius 1 is 1.31 bits per heavy atom. The summed E-state index contributed by atoms with van der Waals surface area (Å²) in [5.74, 6) is 0.348. The topological polar surface area (TPSA) is 81.4 Å². The summed E-state index contributed by atoms with van der Waals surface area (Å²) in [5, 5.41) is 0. The van der Waals surface area contributed by atoms with Crippen LogP contribution in [0.4, 0.5) is 0 Å². The summed E-state index contributed by atoms with van der Waals surface area (Å²) in [6.07, 6.45) is 1.33. The number of ether oxygens (including phenoxy) is 1. The van der Waals surface area contributed by atoms with E-state index in [1.807, 2.05) is 13.8 Å². The first-order valence-corrected chi connectivity index (χ1v) is 7.27. The molecule has 0 radical (unpaired) electrons. The average molecular weight is 252 g/mol. The Balaban J connectivity index is 4.19. The molecule has 0 aromatic heterocycles. The summed E-state index contributed by atoms with van der Waals surface area (Å²) in [7, 11) is -1.64. The van der Waals surface area contributed by atoms with Crippen molar-refractivity contribution in [3.05, 3.63) is 0 Å². The van der Waals surface area contributed by atoms with Crippen LogP contribution in [0.3, 0.4) is 0 Å². The first-order valence-electron chi connectivity index (χ1n) is 5.62. The molecule has 0 aromatic rings. The highest BCUT2D eigenvalue weighted by Gasteiger charge is 2.20. The number of unbranched alkanes of at least 4 members (excludes halogenated alkanes) is 1. The second kappa shape index (κ2) is 8.00. The van der Waals surface area contributed by atoms with Gasteiger partial charge in [-0.2, -0.15) is 0 Å². The van der Waals surface area contributed by atoms with Crippen molar-refractivity contribution in [2.45, 2.75) is 32.7 Å². The van der Waals surface area contributed by atoms with E-state index in [2.05, 4.69) is 4.72 Å². The minimum Gasteiger partial charge on any atom is -0.383 e. The van der Waals surface area contributed by atoms with Gasteiger partial charge in [0, 0.05) is 13.2 Å². The minimum atomic E-state index is -3.21. The second-order valence-corrected chi connectivity index (χ2v) is 6.11. The van der Waals surface area contributed by atoms with Gasteiger partial charge in [-0.25, -0.2) is 13.1 Å². The number of nitrogens with one attached hydrogen (secondary N) is 1. The van der Waals surface area contributed by atoms with Gasteiger partial charge in [0.25, 0.3) is 0 Å². The highest BCUT2D eigenvalue weighted by atomic mass is 32.2. The molecule has 0 aromatic carbocycles. The van der Waals surface area contributed by atoms with Gasteiger partial charge in [0.2, 0.25) is 10.0 Å². The van der Waals surface area contributed by atoms with Crippen molar-refractivity contribution in [2.75, 3.05) is 26.0 Å². The standard InChI is InChI=1S/C10H24N2O3S/c1-9(2)10(8-15-3)12-16(13,14)7-5-4-6-11/h9-10,12H,4-8,11H2,1-3H3. The predicted molar refractivity (Wildman–Crippen MR) is 65.7 cm³/mol. The maximum Gasteiger partial charge on any atom is 0.211 e. The molecule has 0 aliphatic carbocycles. The van der Waals surface area contributed by atoms with Crippen LogP contribution >= 0.6 is 0 Å². The Bertz CT molecular complexity index is 265. The van der Waals surface area contributed by atoms with E-state index in [0.717, 1.165) is 6.42 Å². The van der Waals surface area contributed by atoms with Crippen molar-refractivity contribution in [3.8, 4) is 0 Å². The molecule has 0 saturated heterocycles. The molecule has 98 valence electrons. The van der Waals surface area contributed by atoms with Crippen molar-refractivity contribution in [1.82, 2.24) is 4.72 Å². The summed E-state index contributed by atoms with van der Waals surface area (Å²) < 4.78 is 31.0. The molecule has 0 rings (SSSR count). The lowest BCUT2D eigenvalue weighted by Crippen LogP contribution is -2.42. The largest absolute Gasteiger partial charge is 0.383 e. The summed E-state index contributed by atoms with van der Waals surface area (Å²) in [4.78, 5) is 0. The minimum absolute atomic E-state index is 0.136. The molecule has 0 saturated carbocycles. The lowest BCUT2D eigenvalue weighted by molar-refractivity contribution is 0.157. The van der Waals surface area contributed by atoms with Crippen LogP contribution in [0.5, 0.6) is 0 Å². The van der Waals surface area contributed by atoms with E-state index in [9.17, 15) is 8.42 Å². The quantitative estimate of drug-likeness (QED) is 0.579. The molecule has 0 aliphatic rings. The molecule has 0 amide bonds. The van der Waals surface area contributed by atoms with Gasteiger partial charge in [-0.3, -0.25) is 0 Å². The monoisotopic (exact) mass is 252 g/mol. The van der Waals surface area contributed by atoms with E-state index < -0.39 is 10.0 Å². The lowest BCUT2D eigenvalue weighted by atomic mass is 10.1. The number of sulfonamides is 1. The summed E-state index contributed by atoms with van der Waals surface area (Å²) in [6.45, 7) is 4.85. The molecular formula is C10H24N2O3S. The number of methoxy groups -OCH3 is 1. The molecule has 6 heteroatoms. The Hall–Kier alpha value is -0.170. The molecule has 0 heterocycles. The molecule has 1 atom stereocenters. The van der Waals surface area contributed by atoms with Crippen molar-refractivity contribution in [3.63, 3.8) is 0 Å². The zero-order valence-corrected chi connectivity index (χ0v) is 11.2. The fraction of sp³-hybridized carbons (Fsp3) is 1.00. The van der Waals surface area contributed by atoms with Gasteiger partial charge in [0.05, 0.1) is 12.4 Å². The van der Waals surface area contributed by atoms with Crippen LogP contribution in [0.25, 0.3) is 0 Å². The van der Waals surface area contributed by atoms with Crippen LogP contribution < -0.4 is 10.5 Å². The first kappa shape index (κ1) is 15.8. The molecule has 0 bridgehead atoms. The van der Waals surface area contributed by atoms with Gasteiger partial charge in [-0.1, -0.05) is 13.8 Å². The van der Waals surface area contributed by atoms with E-state index in [4.69, 9.17) is 10.5 Å². The zero-order valence-electron chi connectivity index (χ0n) is 10.4. The van der Waals surface area contributed by atoms with E-state index >= 15 is 0 Å². The molecule has 16 heavy (non-hydrogen) atoms. The number of nitrogens with two attached hydrogens (primary N) is 1. The second-order valence-electron chi connectivity index (χ2n) is 4.24. The Morgan fingerprint density at radius 2 is 1.94 bits per heavy atom. The molecule has 0 aliphatic heterocycles. The highest BCUT2D eigenvalue weighted by Crippen LogP contribution is 2.05. The molecule has 0 spiro atoms. The fourth-order valence-electron chi connectivity index (χ4n) is 1.27. The van der Waals surface area contributed by atoms with Gasteiger partial charge in [0.1, 0.15) is 0 Å². The first-order chi connectivity index (χ1) is 7.43. The van der Waals surface area contributed by atoms with E-state index in [1.54, 1.807) is 7.11 Å². The van der Waals surface area contributed by atoms with E-state index in [-0.39, 0.29) is 17.7 Å². The third kappa shape index (κ3) is 7.16. The third-order valence-electron chi connectivity index (χ3n) is 2.35. The van der Waals surface area contributed by atoms with Crippen molar-refractivity contribution in [2.24, 2.45) is 11.7 Å². The fourth-order valence-corrected chi connectivity index (χ4v) is 2.77. The van der Waals surface area contributed by atoms with Crippen LogP contribution in [-0.4, -0.2) is 40.5 Å². The predicted octanol–water partition coefficient (Wildman–Crippen LogP) is 0.316. The maximum atomic E-state index is 11.7. The molecule has 5 nitrogen and oxygen atoms in total. The van der Waals surface area contributed by atoms with Gasteiger partial charge in [0.15, 0.2) is 0 Å². The van der Waals surface area contributed by atoms with Crippen LogP contribution in [0.1, 0.15) is 26.7 Å². The summed E-state index contributed by atoms with van der Waals surface area (Å²) in [6, 6.07) is -0.159. The van der Waals surface area contributed by atoms with Gasteiger partial charge in [-0.15, -0.1) is 0 Å². The smallest absolute Gasteiger partial charge is 0.211 e. The lowest BCUT2D eigenvalue weighted by Gasteiger charge is -2.21. The van der Waals surface area contributed by atoms with Gasteiger partial charge >= 0.3 is 0 Å². The normalized spacial score (nSPS) is 14.3. The number of rotatable bonds is 9. The summed E-state index contributed by atoms with van der Waals surface area (Å²) in [5.41, 5.74) is 5.32. The molecule has 1 unspecified atom stereocenters. The van der Waals surface area contributed by atoms with Crippen molar-refractivity contribution in [1.29, 1.82) is 0 Å². The van der Waals surface area contributed by atoms with Crippen molar-refractivity contribution >= 4 is 10.0 Å². The molecule has 0 fully saturated rings. The van der Waals surface area contributed by atoms with E-state index in [0.29, 0.717) is 19.6 Å². The van der Waals surface area contributed by atoms with Gasteiger partial charge < -0.3 is 10.5 Å². The number of hydrogen-bond donors (Lipinski definition) is 2.